The van der Waals surface area contributed by atoms with Gasteiger partial charge in [0, 0.05) is 54.8 Å². The number of anilines is 1. The summed E-state index contributed by atoms with van der Waals surface area (Å²) < 4.78 is 15.9. The molecule has 3 heterocycles. The molecule has 2 amide bonds. The molecule has 0 radical (unpaired) electrons. The molecule has 1 aromatic heterocycles. The van der Waals surface area contributed by atoms with Gasteiger partial charge in [-0.1, -0.05) is 19.9 Å². The van der Waals surface area contributed by atoms with Gasteiger partial charge in [-0.15, -0.1) is 0 Å². The number of carbonyl (C=O) groups is 3. The fourth-order valence-electron chi connectivity index (χ4n) is 5.51. The Morgan fingerprint density at radius 3 is 2.60 bits per heavy atom. The van der Waals surface area contributed by atoms with Crippen LogP contribution in [-0.4, -0.2) is 46.3 Å². The molecule has 5 rings (SSSR count). The van der Waals surface area contributed by atoms with Crippen LogP contribution in [0.1, 0.15) is 54.5 Å². The van der Waals surface area contributed by atoms with Crippen molar-refractivity contribution in [2.24, 2.45) is 11.1 Å². The molecule has 3 N–H and O–H groups in total. The van der Waals surface area contributed by atoms with Crippen LogP contribution in [0.25, 0.3) is 22.0 Å². The summed E-state index contributed by atoms with van der Waals surface area (Å²) in [5.41, 5.74) is 9.45. The van der Waals surface area contributed by atoms with Gasteiger partial charge in [-0.25, -0.2) is 4.39 Å². The van der Waals surface area contributed by atoms with Crippen LogP contribution in [0.2, 0.25) is 0 Å². The molecule has 0 bridgehead atoms. The number of hydrogen-bond donors (Lipinski definition) is 2. The number of aromatic nitrogens is 1. The number of benzene rings is 2. The van der Waals surface area contributed by atoms with Crippen molar-refractivity contribution in [2.45, 2.75) is 46.1 Å². The molecule has 0 aliphatic carbocycles. The number of likely N-dealkylation sites (tertiary alicyclic amines) is 1. The number of halogens is 1. The SMILES string of the molecule is CC(=O)N1CCC(Nc2cc(-c3c4n(c5cc(F)ccc35)C(=O)CC(C)(C)C4)ccc2C(N)=O)C1. The van der Waals surface area contributed by atoms with Crippen LogP contribution < -0.4 is 11.1 Å². The smallest absolute Gasteiger partial charge is 0.250 e. The van der Waals surface area contributed by atoms with E-state index in [9.17, 15) is 18.8 Å². The number of nitrogens with two attached hydrogens (primary N) is 1. The summed E-state index contributed by atoms with van der Waals surface area (Å²) in [5, 5.41) is 4.20. The molecule has 7 nitrogen and oxygen atoms in total. The summed E-state index contributed by atoms with van der Waals surface area (Å²) in [6.45, 7) is 6.86. The first-order chi connectivity index (χ1) is 16.5. The maximum atomic E-state index is 14.2. The molecule has 1 unspecified atom stereocenters. The van der Waals surface area contributed by atoms with E-state index in [1.165, 1.54) is 12.1 Å². The summed E-state index contributed by atoms with van der Waals surface area (Å²) in [5.74, 6) is -0.989. The summed E-state index contributed by atoms with van der Waals surface area (Å²) >= 11 is 0. The monoisotopic (exact) mass is 476 g/mol. The first-order valence-corrected chi connectivity index (χ1v) is 11.9. The second-order valence-corrected chi connectivity index (χ2v) is 10.4. The van der Waals surface area contributed by atoms with E-state index in [1.807, 2.05) is 12.1 Å². The number of rotatable bonds is 4. The van der Waals surface area contributed by atoms with Gasteiger partial charge in [0.05, 0.1) is 11.1 Å². The van der Waals surface area contributed by atoms with Crippen molar-refractivity contribution in [3.05, 3.63) is 53.5 Å². The topological polar surface area (TPSA) is 97.4 Å². The van der Waals surface area contributed by atoms with Crippen molar-refractivity contribution in [3.63, 3.8) is 0 Å². The van der Waals surface area contributed by atoms with Gasteiger partial charge in [0.2, 0.25) is 11.8 Å². The lowest BCUT2D eigenvalue weighted by Gasteiger charge is -2.30. The normalized spacial score (nSPS) is 19.1. The van der Waals surface area contributed by atoms with Crippen molar-refractivity contribution in [1.29, 1.82) is 0 Å². The quantitative estimate of drug-likeness (QED) is 0.590. The third-order valence-electron chi connectivity index (χ3n) is 7.12. The van der Waals surface area contributed by atoms with Crippen molar-refractivity contribution < 1.29 is 18.8 Å². The standard InChI is InChI=1S/C27H29FN4O3/c1-15(33)31-9-8-18(14-31)30-21-10-16(4-6-19(21)26(29)35)25-20-7-5-17(28)11-22(20)32-23(25)12-27(2,3)13-24(32)34/h4-7,10-11,18,30H,8-9,12-14H2,1-3H3,(H2,29,35). The van der Waals surface area contributed by atoms with Crippen LogP contribution in [0, 0.1) is 11.2 Å². The number of hydrogen-bond acceptors (Lipinski definition) is 4. The van der Waals surface area contributed by atoms with Crippen molar-refractivity contribution in [2.75, 3.05) is 18.4 Å². The van der Waals surface area contributed by atoms with Crippen LogP contribution in [0.3, 0.4) is 0 Å². The van der Waals surface area contributed by atoms with Gasteiger partial charge in [-0.2, -0.15) is 0 Å². The molecule has 1 saturated heterocycles. The highest BCUT2D eigenvalue weighted by molar-refractivity contribution is 6.06. The first-order valence-electron chi connectivity index (χ1n) is 11.9. The Kier molecular flexibility index (Phi) is 5.42. The van der Waals surface area contributed by atoms with E-state index < -0.39 is 11.7 Å². The van der Waals surface area contributed by atoms with Gasteiger partial charge in [0.15, 0.2) is 0 Å². The maximum absolute atomic E-state index is 14.2. The molecular formula is C27H29FN4O3. The summed E-state index contributed by atoms with van der Waals surface area (Å²) in [4.78, 5) is 38.9. The van der Waals surface area contributed by atoms with E-state index in [-0.39, 0.29) is 23.3 Å². The highest BCUT2D eigenvalue weighted by atomic mass is 19.1. The van der Waals surface area contributed by atoms with Gasteiger partial charge in [-0.3, -0.25) is 19.0 Å². The highest BCUT2D eigenvalue weighted by Crippen LogP contribution is 2.43. The van der Waals surface area contributed by atoms with Crippen LogP contribution in [0.15, 0.2) is 36.4 Å². The minimum absolute atomic E-state index is 0.0125. The molecule has 0 saturated carbocycles. The zero-order valence-electron chi connectivity index (χ0n) is 20.2. The average molecular weight is 477 g/mol. The number of carbonyl (C=O) groups excluding carboxylic acids is 3. The summed E-state index contributed by atoms with van der Waals surface area (Å²) in [6, 6.07) is 9.90. The highest BCUT2D eigenvalue weighted by Gasteiger charge is 2.35. The Balaban J connectivity index is 1.65. The third kappa shape index (κ3) is 4.07. The second-order valence-electron chi connectivity index (χ2n) is 10.4. The lowest BCUT2D eigenvalue weighted by atomic mass is 9.80. The number of fused-ring (bicyclic) bond motifs is 3. The molecule has 1 fully saturated rings. The molecule has 2 aliphatic rings. The van der Waals surface area contributed by atoms with E-state index in [2.05, 4.69) is 19.2 Å². The molecule has 1 atom stereocenters. The van der Waals surface area contributed by atoms with E-state index in [0.717, 1.165) is 28.6 Å². The maximum Gasteiger partial charge on any atom is 0.250 e. The van der Waals surface area contributed by atoms with Crippen LogP contribution >= 0.6 is 0 Å². The van der Waals surface area contributed by atoms with Crippen molar-refractivity contribution in [3.8, 4) is 11.1 Å². The molecule has 0 spiro atoms. The number of nitrogens with one attached hydrogen (secondary N) is 1. The second kappa shape index (κ2) is 8.22. The molecule has 2 aromatic carbocycles. The Morgan fingerprint density at radius 1 is 1.14 bits per heavy atom. The lowest BCUT2D eigenvalue weighted by Crippen LogP contribution is -2.31. The summed E-state index contributed by atoms with van der Waals surface area (Å²) in [7, 11) is 0. The third-order valence-corrected chi connectivity index (χ3v) is 7.12. The predicted molar refractivity (Wildman–Crippen MR) is 133 cm³/mol. The fourth-order valence-corrected chi connectivity index (χ4v) is 5.51. The van der Waals surface area contributed by atoms with Gasteiger partial charge in [0.25, 0.3) is 5.91 Å². The number of amides is 2. The molecule has 3 aromatic rings. The summed E-state index contributed by atoms with van der Waals surface area (Å²) in [6.07, 6.45) is 1.79. The van der Waals surface area contributed by atoms with Gasteiger partial charge >= 0.3 is 0 Å². The predicted octanol–water partition coefficient (Wildman–Crippen LogP) is 4.19. The minimum atomic E-state index is -0.553. The number of primary amides is 1. The Bertz CT molecular complexity index is 1390. The first kappa shape index (κ1) is 23.1. The van der Waals surface area contributed by atoms with Crippen LogP contribution in [0.5, 0.6) is 0 Å². The average Bonchev–Trinajstić information content (AvgIpc) is 3.35. The van der Waals surface area contributed by atoms with Crippen molar-refractivity contribution >= 4 is 34.3 Å². The van der Waals surface area contributed by atoms with Gasteiger partial charge in [0.1, 0.15) is 5.82 Å². The van der Waals surface area contributed by atoms with E-state index >= 15 is 0 Å². The molecule has 8 heteroatoms. The fraction of sp³-hybridized carbons (Fsp3) is 0.370. The van der Waals surface area contributed by atoms with E-state index in [1.54, 1.807) is 28.5 Å². The molecule has 2 aliphatic heterocycles. The minimum Gasteiger partial charge on any atom is -0.380 e. The Labute approximate surface area is 203 Å². The number of nitrogens with zero attached hydrogens (tertiary/aromatic N) is 2. The molecule has 35 heavy (non-hydrogen) atoms. The van der Waals surface area contributed by atoms with Gasteiger partial charge < -0.3 is 16.0 Å². The zero-order valence-corrected chi connectivity index (χ0v) is 20.2. The molecule has 182 valence electrons. The zero-order chi connectivity index (χ0) is 25.1. The Morgan fingerprint density at radius 2 is 1.91 bits per heavy atom. The van der Waals surface area contributed by atoms with Crippen LogP contribution in [0.4, 0.5) is 10.1 Å². The van der Waals surface area contributed by atoms with E-state index in [4.69, 9.17) is 5.73 Å². The lowest BCUT2D eigenvalue weighted by molar-refractivity contribution is -0.127. The largest absolute Gasteiger partial charge is 0.380 e. The Hall–Kier alpha value is -3.68. The molecular weight excluding hydrogens is 447 g/mol. The van der Waals surface area contributed by atoms with E-state index in [0.29, 0.717) is 42.7 Å². The van der Waals surface area contributed by atoms with Crippen LogP contribution in [-0.2, 0) is 11.2 Å². The van der Waals surface area contributed by atoms with Gasteiger partial charge in [-0.05, 0) is 54.2 Å². The van der Waals surface area contributed by atoms with Crippen molar-refractivity contribution in [1.82, 2.24) is 9.47 Å².